The van der Waals surface area contributed by atoms with Crippen molar-refractivity contribution in [3.05, 3.63) is 91.2 Å². The van der Waals surface area contributed by atoms with Gasteiger partial charge in [0.1, 0.15) is 0 Å². The molecule has 0 amide bonds. The molecule has 92 valence electrons. The Kier molecular flexibility index (Phi) is 4.94. The fourth-order valence-electron chi connectivity index (χ4n) is 1.54. The van der Waals surface area contributed by atoms with Crippen LogP contribution in [0.25, 0.3) is 0 Å². The van der Waals surface area contributed by atoms with Crippen LogP contribution in [-0.2, 0) is 0 Å². The summed E-state index contributed by atoms with van der Waals surface area (Å²) in [6.45, 7) is 17.5. The predicted molar refractivity (Wildman–Crippen MR) is 81.6 cm³/mol. The number of benzene rings is 1. The summed E-state index contributed by atoms with van der Waals surface area (Å²) >= 11 is 0. The zero-order valence-electron chi connectivity index (χ0n) is 10.9. The molecule has 0 saturated heterocycles. The summed E-state index contributed by atoms with van der Waals surface area (Å²) in [6, 6.07) is 8.05. The maximum Gasteiger partial charge on any atom is 0.0413 e. The Labute approximate surface area is 110 Å². The fraction of sp³-hybridized carbons (Fsp3) is 0.0588. The van der Waals surface area contributed by atoms with E-state index in [0.717, 1.165) is 22.5 Å². The Morgan fingerprint density at radius 2 is 1.83 bits per heavy atom. The third kappa shape index (κ3) is 3.36. The van der Waals surface area contributed by atoms with Gasteiger partial charge < -0.3 is 5.32 Å². The molecule has 0 saturated carbocycles. The molecular weight excluding hydrogens is 218 g/mol. The van der Waals surface area contributed by atoms with Gasteiger partial charge in [-0.25, -0.2) is 0 Å². The molecule has 0 aromatic heterocycles. The first kappa shape index (κ1) is 13.8. The van der Waals surface area contributed by atoms with E-state index in [9.17, 15) is 0 Å². The van der Waals surface area contributed by atoms with Crippen molar-refractivity contribution < 1.29 is 0 Å². The van der Waals surface area contributed by atoms with Gasteiger partial charge in [0.25, 0.3) is 0 Å². The minimum absolute atomic E-state index is 0.761. The van der Waals surface area contributed by atoms with Gasteiger partial charge in [-0.05, 0) is 29.7 Å². The third-order valence-corrected chi connectivity index (χ3v) is 2.66. The minimum atomic E-state index is 0.761. The normalized spacial score (nSPS) is 10.6. The number of anilines is 1. The number of aryl methyl sites for hydroxylation is 1. The largest absolute Gasteiger partial charge is 0.355 e. The molecule has 0 spiro atoms. The Morgan fingerprint density at radius 3 is 2.39 bits per heavy atom. The van der Waals surface area contributed by atoms with Crippen molar-refractivity contribution in [2.45, 2.75) is 6.92 Å². The summed E-state index contributed by atoms with van der Waals surface area (Å²) in [4.78, 5) is 0. The smallest absolute Gasteiger partial charge is 0.0413 e. The van der Waals surface area contributed by atoms with Crippen LogP contribution in [0.15, 0.2) is 85.7 Å². The first-order valence-corrected chi connectivity index (χ1v) is 5.76. The maximum absolute atomic E-state index is 4.02. The van der Waals surface area contributed by atoms with Crippen molar-refractivity contribution >= 4 is 5.69 Å². The van der Waals surface area contributed by atoms with Gasteiger partial charge in [-0.3, -0.25) is 0 Å². The topological polar surface area (TPSA) is 12.0 Å². The fourth-order valence-corrected chi connectivity index (χ4v) is 1.54. The molecule has 0 atom stereocenters. The van der Waals surface area contributed by atoms with Crippen LogP contribution in [0.3, 0.4) is 0 Å². The quantitative estimate of drug-likeness (QED) is 0.702. The van der Waals surface area contributed by atoms with Gasteiger partial charge in [0.15, 0.2) is 0 Å². The molecule has 1 heteroatoms. The minimum Gasteiger partial charge on any atom is -0.355 e. The SMILES string of the molecule is C=C/C=C(/C=C)C(=C)C(=C)Nc1ccccc1C. The molecule has 0 fully saturated rings. The van der Waals surface area contributed by atoms with Gasteiger partial charge >= 0.3 is 0 Å². The van der Waals surface area contributed by atoms with Gasteiger partial charge in [0, 0.05) is 11.4 Å². The highest BCUT2D eigenvalue weighted by Gasteiger charge is 2.04. The molecular formula is C17H19N. The molecule has 1 nitrogen and oxygen atoms in total. The third-order valence-electron chi connectivity index (χ3n) is 2.66. The van der Waals surface area contributed by atoms with E-state index in [4.69, 9.17) is 0 Å². The molecule has 0 radical (unpaired) electrons. The van der Waals surface area contributed by atoms with E-state index in [1.807, 2.05) is 37.3 Å². The van der Waals surface area contributed by atoms with Crippen LogP contribution in [0, 0.1) is 6.92 Å². The Balaban J connectivity index is 2.87. The van der Waals surface area contributed by atoms with Gasteiger partial charge in [-0.1, -0.05) is 62.7 Å². The molecule has 1 aromatic carbocycles. The van der Waals surface area contributed by atoms with Gasteiger partial charge in [-0.15, -0.1) is 0 Å². The molecule has 0 unspecified atom stereocenters. The number of hydrogen-bond acceptors (Lipinski definition) is 1. The van der Waals surface area contributed by atoms with E-state index < -0.39 is 0 Å². The highest BCUT2D eigenvalue weighted by Crippen LogP contribution is 2.21. The van der Waals surface area contributed by atoms with Crippen LogP contribution in [0.4, 0.5) is 5.69 Å². The van der Waals surface area contributed by atoms with Gasteiger partial charge in [0.05, 0.1) is 0 Å². The van der Waals surface area contributed by atoms with E-state index in [0.29, 0.717) is 0 Å². The van der Waals surface area contributed by atoms with E-state index in [1.54, 1.807) is 12.2 Å². The monoisotopic (exact) mass is 237 g/mol. The number of rotatable bonds is 6. The lowest BCUT2D eigenvalue weighted by Gasteiger charge is -2.14. The molecule has 0 aliphatic rings. The van der Waals surface area contributed by atoms with Crippen LogP contribution < -0.4 is 5.32 Å². The molecule has 1 aromatic rings. The van der Waals surface area contributed by atoms with Crippen molar-refractivity contribution in [1.82, 2.24) is 0 Å². The summed E-state index contributed by atoms with van der Waals surface area (Å²) in [5.41, 5.74) is 4.69. The number of hydrogen-bond donors (Lipinski definition) is 1. The van der Waals surface area contributed by atoms with Crippen molar-refractivity contribution in [1.29, 1.82) is 0 Å². The van der Waals surface area contributed by atoms with E-state index in [-0.39, 0.29) is 0 Å². The molecule has 0 heterocycles. The van der Waals surface area contributed by atoms with Crippen molar-refractivity contribution in [3.8, 4) is 0 Å². The lowest BCUT2D eigenvalue weighted by Crippen LogP contribution is -2.03. The lowest BCUT2D eigenvalue weighted by atomic mass is 10.0. The second-order valence-corrected chi connectivity index (χ2v) is 3.96. The van der Waals surface area contributed by atoms with Crippen molar-refractivity contribution in [3.63, 3.8) is 0 Å². The second kappa shape index (κ2) is 6.45. The van der Waals surface area contributed by atoms with Crippen LogP contribution >= 0.6 is 0 Å². The highest BCUT2D eigenvalue weighted by atomic mass is 14.9. The van der Waals surface area contributed by atoms with Crippen LogP contribution in [0.2, 0.25) is 0 Å². The first-order valence-electron chi connectivity index (χ1n) is 5.76. The number of para-hydroxylation sites is 1. The summed E-state index contributed by atoms with van der Waals surface area (Å²) < 4.78 is 0. The molecule has 0 aliphatic heterocycles. The van der Waals surface area contributed by atoms with Crippen molar-refractivity contribution in [2.75, 3.05) is 5.32 Å². The molecule has 0 bridgehead atoms. The predicted octanol–water partition coefficient (Wildman–Crippen LogP) is 4.78. The van der Waals surface area contributed by atoms with E-state index >= 15 is 0 Å². The molecule has 1 N–H and O–H groups in total. The summed E-state index contributed by atoms with van der Waals surface area (Å²) in [5, 5.41) is 3.27. The molecule has 0 aliphatic carbocycles. The number of allylic oxidation sites excluding steroid dienone is 4. The van der Waals surface area contributed by atoms with Crippen LogP contribution in [-0.4, -0.2) is 0 Å². The molecule has 18 heavy (non-hydrogen) atoms. The van der Waals surface area contributed by atoms with Gasteiger partial charge in [-0.2, -0.15) is 0 Å². The van der Waals surface area contributed by atoms with E-state index in [1.165, 1.54) is 5.56 Å². The summed E-state index contributed by atoms with van der Waals surface area (Å²) in [6.07, 6.45) is 5.32. The second-order valence-electron chi connectivity index (χ2n) is 3.96. The first-order chi connectivity index (χ1) is 8.60. The Hall–Kier alpha value is -2.28. The van der Waals surface area contributed by atoms with Crippen LogP contribution in [0.5, 0.6) is 0 Å². The van der Waals surface area contributed by atoms with Crippen LogP contribution in [0.1, 0.15) is 5.56 Å². The lowest BCUT2D eigenvalue weighted by molar-refractivity contribution is 1.36. The average molecular weight is 237 g/mol. The maximum atomic E-state index is 4.02. The average Bonchev–Trinajstić information content (AvgIpc) is 2.37. The summed E-state index contributed by atoms with van der Waals surface area (Å²) in [7, 11) is 0. The van der Waals surface area contributed by atoms with E-state index in [2.05, 4.69) is 31.6 Å². The Morgan fingerprint density at radius 1 is 1.17 bits per heavy atom. The molecule has 1 rings (SSSR count). The highest BCUT2D eigenvalue weighted by molar-refractivity contribution is 5.61. The van der Waals surface area contributed by atoms with Crippen molar-refractivity contribution in [2.24, 2.45) is 0 Å². The van der Waals surface area contributed by atoms with Gasteiger partial charge in [0.2, 0.25) is 0 Å². The summed E-state index contributed by atoms with van der Waals surface area (Å²) in [5.74, 6) is 0. The number of nitrogens with one attached hydrogen (secondary N) is 1. The standard InChI is InChI=1S/C17H19N/c1-6-10-16(7-2)14(4)15(5)18-17-12-9-8-11-13(17)3/h6-12,18H,1-2,4-5H2,3H3/b16-10-. The zero-order chi connectivity index (χ0) is 13.5. The zero-order valence-corrected chi connectivity index (χ0v) is 10.9. The Bertz CT molecular complexity index is 518.